The van der Waals surface area contributed by atoms with E-state index in [1.165, 1.54) is 18.1 Å². The maximum Gasteiger partial charge on any atom is 0.223 e. The van der Waals surface area contributed by atoms with E-state index in [9.17, 15) is 0 Å². The van der Waals surface area contributed by atoms with Crippen molar-refractivity contribution in [2.45, 2.75) is 0 Å². The predicted molar refractivity (Wildman–Crippen MR) is 72.8 cm³/mol. The molecule has 0 bridgehead atoms. The molecule has 0 fully saturated rings. The lowest BCUT2D eigenvalue weighted by Crippen LogP contribution is -2.26. The summed E-state index contributed by atoms with van der Waals surface area (Å²) in [6.07, 6.45) is 1.45. The molecule has 0 saturated heterocycles. The first-order chi connectivity index (χ1) is 9.60. The first-order valence-corrected chi connectivity index (χ1v) is 5.45. The van der Waals surface area contributed by atoms with E-state index in [2.05, 4.69) is 25.5 Å². The highest BCUT2D eigenvalue weighted by atomic mass is 16.5. The van der Waals surface area contributed by atoms with Crippen molar-refractivity contribution in [2.75, 3.05) is 7.11 Å². The molecule has 2 aromatic rings. The van der Waals surface area contributed by atoms with Crippen LogP contribution >= 0.6 is 0 Å². The number of methoxy groups -OCH3 is 1. The Hall–Kier alpha value is -3.17. The molecule has 6 N–H and O–H groups in total. The quantitative estimate of drug-likeness (QED) is 0.473. The van der Waals surface area contributed by atoms with E-state index in [0.29, 0.717) is 17.1 Å². The third kappa shape index (κ3) is 2.98. The van der Waals surface area contributed by atoms with Gasteiger partial charge >= 0.3 is 0 Å². The average molecular weight is 275 g/mol. The van der Waals surface area contributed by atoms with Crippen LogP contribution in [0.5, 0.6) is 5.75 Å². The van der Waals surface area contributed by atoms with Gasteiger partial charge in [-0.05, 0) is 28.6 Å². The van der Waals surface area contributed by atoms with Gasteiger partial charge in [0.15, 0.2) is 5.96 Å². The number of ether oxygens (including phenoxy) is 1. The van der Waals surface area contributed by atoms with Crippen LogP contribution in [0.4, 0.5) is 5.69 Å². The van der Waals surface area contributed by atoms with Crippen LogP contribution in [0.3, 0.4) is 0 Å². The van der Waals surface area contributed by atoms with Gasteiger partial charge in [-0.2, -0.15) is 4.99 Å². The summed E-state index contributed by atoms with van der Waals surface area (Å²) in [5, 5.41) is 10.9. The molecule has 0 aliphatic carbocycles. The van der Waals surface area contributed by atoms with Crippen LogP contribution in [0.1, 0.15) is 0 Å². The third-order valence-electron chi connectivity index (χ3n) is 2.25. The molecule has 2 rings (SSSR count). The minimum atomic E-state index is -0.179. The van der Waals surface area contributed by atoms with E-state index in [-0.39, 0.29) is 11.9 Å². The smallest absolute Gasteiger partial charge is 0.223 e. The van der Waals surface area contributed by atoms with Gasteiger partial charge in [0.1, 0.15) is 17.8 Å². The minimum absolute atomic E-state index is 0.0860. The summed E-state index contributed by atoms with van der Waals surface area (Å²) in [6, 6.07) is 5.16. The first-order valence-electron chi connectivity index (χ1n) is 5.45. The van der Waals surface area contributed by atoms with Crippen molar-refractivity contribution in [2.24, 2.45) is 27.2 Å². The molecule has 0 aliphatic heterocycles. The number of benzene rings is 1. The zero-order valence-corrected chi connectivity index (χ0v) is 10.6. The summed E-state index contributed by atoms with van der Waals surface area (Å²) >= 11 is 0. The van der Waals surface area contributed by atoms with Gasteiger partial charge in [0.05, 0.1) is 12.8 Å². The summed E-state index contributed by atoms with van der Waals surface area (Å²) in [7, 11) is 1.52. The minimum Gasteiger partial charge on any atom is -0.494 e. The van der Waals surface area contributed by atoms with Gasteiger partial charge in [-0.15, -0.1) is 5.10 Å². The number of nitrogens with two attached hydrogens (primary N) is 3. The maximum atomic E-state index is 5.60. The van der Waals surface area contributed by atoms with Gasteiger partial charge in [0, 0.05) is 0 Å². The summed E-state index contributed by atoms with van der Waals surface area (Å²) < 4.78 is 6.66. The molecule has 0 amide bonds. The van der Waals surface area contributed by atoms with E-state index in [1.807, 2.05) is 0 Å². The van der Waals surface area contributed by atoms with Gasteiger partial charge < -0.3 is 21.9 Å². The lowest BCUT2D eigenvalue weighted by atomic mass is 10.2. The van der Waals surface area contributed by atoms with Crippen molar-refractivity contribution in [3.05, 3.63) is 24.5 Å². The number of aliphatic imine (C=N–C) groups is 2. The molecule has 0 saturated carbocycles. The SMILES string of the molecule is COc1ccc(-n2cnnn2)cc1N=C(N)N=C(N)N. The molecule has 104 valence electrons. The summed E-state index contributed by atoms with van der Waals surface area (Å²) in [5.41, 5.74) is 17.2. The Balaban J connectivity index is 2.45. The van der Waals surface area contributed by atoms with Crippen molar-refractivity contribution in [3.63, 3.8) is 0 Å². The largest absolute Gasteiger partial charge is 0.494 e. The molecule has 20 heavy (non-hydrogen) atoms. The fourth-order valence-corrected chi connectivity index (χ4v) is 1.47. The Morgan fingerprint density at radius 2 is 2.10 bits per heavy atom. The van der Waals surface area contributed by atoms with Crippen molar-refractivity contribution in [3.8, 4) is 11.4 Å². The second kappa shape index (κ2) is 5.65. The molecule has 0 aliphatic rings. The zero-order valence-electron chi connectivity index (χ0n) is 10.6. The highest BCUT2D eigenvalue weighted by molar-refractivity contribution is 5.94. The Morgan fingerprint density at radius 1 is 1.30 bits per heavy atom. The Kier molecular flexibility index (Phi) is 3.75. The van der Waals surface area contributed by atoms with E-state index in [1.54, 1.807) is 18.2 Å². The molecule has 1 aromatic carbocycles. The van der Waals surface area contributed by atoms with Crippen molar-refractivity contribution in [1.82, 2.24) is 20.2 Å². The second-order valence-electron chi connectivity index (χ2n) is 3.62. The van der Waals surface area contributed by atoms with E-state index in [0.717, 1.165) is 0 Å². The molecular weight excluding hydrogens is 262 g/mol. The van der Waals surface area contributed by atoms with Crippen LogP contribution in [-0.4, -0.2) is 39.2 Å². The fraction of sp³-hybridized carbons (Fsp3) is 0.100. The van der Waals surface area contributed by atoms with Crippen LogP contribution in [0, 0.1) is 0 Å². The van der Waals surface area contributed by atoms with Crippen molar-refractivity contribution >= 4 is 17.6 Å². The maximum absolute atomic E-state index is 5.60. The molecule has 0 atom stereocenters. The standard InChI is InChI=1S/C10H13N9O/c1-20-8-3-2-6(19-5-14-17-18-19)4-7(8)15-10(13)16-9(11)12/h2-5H,1H3,(H6,11,12,13,15,16). The lowest BCUT2D eigenvalue weighted by Gasteiger charge is -2.07. The average Bonchev–Trinajstić information content (AvgIpc) is 2.91. The number of tetrazole rings is 1. The predicted octanol–water partition coefficient (Wildman–Crippen LogP) is -1.11. The summed E-state index contributed by atoms with van der Waals surface area (Å²) in [6.45, 7) is 0. The Bertz CT molecular complexity index is 643. The normalized spacial score (nSPS) is 11.2. The van der Waals surface area contributed by atoms with Crippen LogP contribution in [0.15, 0.2) is 34.5 Å². The molecule has 0 spiro atoms. The number of aromatic nitrogens is 4. The van der Waals surface area contributed by atoms with E-state index < -0.39 is 0 Å². The summed E-state index contributed by atoms with van der Waals surface area (Å²) in [5.74, 6) is 0.245. The number of rotatable bonds is 3. The molecule has 1 heterocycles. The van der Waals surface area contributed by atoms with Crippen LogP contribution < -0.4 is 21.9 Å². The Morgan fingerprint density at radius 3 is 2.70 bits per heavy atom. The second-order valence-corrected chi connectivity index (χ2v) is 3.62. The highest BCUT2D eigenvalue weighted by Gasteiger charge is 2.06. The number of hydrogen-bond donors (Lipinski definition) is 3. The summed E-state index contributed by atoms with van der Waals surface area (Å²) in [4.78, 5) is 7.72. The van der Waals surface area contributed by atoms with Crippen LogP contribution in [-0.2, 0) is 0 Å². The lowest BCUT2D eigenvalue weighted by molar-refractivity contribution is 0.416. The molecular formula is C10H13N9O. The zero-order chi connectivity index (χ0) is 14.5. The number of hydrogen-bond acceptors (Lipinski definition) is 5. The molecule has 10 heteroatoms. The van der Waals surface area contributed by atoms with E-state index in [4.69, 9.17) is 21.9 Å². The fourth-order valence-electron chi connectivity index (χ4n) is 1.47. The monoisotopic (exact) mass is 275 g/mol. The molecule has 1 aromatic heterocycles. The number of guanidine groups is 2. The van der Waals surface area contributed by atoms with Crippen LogP contribution in [0.25, 0.3) is 5.69 Å². The number of nitrogens with zero attached hydrogens (tertiary/aromatic N) is 6. The highest BCUT2D eigenvalue weighted by Crippen LogP contribution is 2.29. The van der Waals surface area contributed by atoms with Crippen molar-refractivity contribution < 1.29 is 4.74 Å². The van der Waals surface area contributed by atoms with Crippen LogP contribution in [0.2, 0.25) is 0 Å². The van der Waals surface area contributed by atoms with Gasteiger partial charge in [0.2, 0.25) is 5.96 Å². The van der Waals surface area contributed by atoms with Gasteiger partial charge in [-0.3, -0.25) is 0 Å². The first kappa shape index (κ1) is 13.3. The third-order valence-corrected chi connectivity index (χ3v) is 2.25. The molecule has 10 nitrogen and oxygen atoms in total. The molecule has 0 unspecified atom stereocenters. The van der Waals surface area contributed by atoms with Gasteiger partial charge in [-0.1, -0.05) is 0 Å². The topological polar surface area (TPSA) is 156 Å². The van der Waals surface area contributed by atoms with Gasteiger partial charge in [-0.25, -0.2) is 9.67 Å². The van der Waals surface area contributed by atoms with Gasteiger partial charge in [0.25, 0.3) is 0 Å². The van der Waals surface area contributed by atoms with E-state index >= 15 is 0 Å². The van der Waals surface area contributed by atoms with Crippen molar-refractivity contribution in [1.29, 1.82) is 0 Å². The molecule has 0 radical (unpaired) electrons. The Labute approximate surface area is 113 Å².